The lowest BCUT2D eigenvalue weighted by Crippen LogP contribution is -2.38. The van der Waals surface area contributed by atoms with E-state index in [2.05, 4.69) is 10.0 Å². The molecule has 0 aliphatic carbocycles. The highest BCUT2D eigenvalue weighted by molar-refractivity contribution is 7.89. The van der Waals surface area contributed by atoms with Gasteiger partial charge in [0.2, 0.25) is 15.9 Å². The van der Waals surface area contributed by atoms with Crippen molar-refractivity contribution in [3.8, 4) is 0 Å². The van der Waals surface area contributed by atoms with Gasteiger partial charge in [-0.15, -0.1) is 0 Å². The molecule has 1 heterocycles. The number of sulfonamides is 1. The average Bonchev–Trinajstić information content (AvgIpc) is 2.74. The molecule has 0 bridgehead atoms. The molecule has 0 aromatic heterocycles. The molecule has 1 aliphatic heterocycles. The SMILES string of the molecule is CNS(=O)(=O)c1ccc(NC(=O)C2CCN(c3ccccc3[N+](=O)[O-])CC2)cc1. The van der Waals surface area contributed by atoms with Crippen LogP contribution in [0.4, 0.5) is 17.1 Å². The smallest absolute Gasteiger partial charge is 0.292 e. The molecule has 1 amide bonds. The molecule has 1 aliphatic rings. The van der Waals surface area contributed by atoms with E-state index in [1.54, 1.807) is 30.3 Å². The van der Waals surface area contributed by atoms with Crippen LogP contribution in [0.1, 0.15) is 12.8 Å². The normalized spacial score (nSPS) is 15.1. The van der Waals surface area contributed by atoms with Crippen molar-refractivity contribution in [2.75, 3.05) is 30.4 Å². The quantitative estimate of drug-likeness (QED) is 0.549. The second-order valence-corrected chi connectivity index (χ2v) is 8.61. The summed E-state index contributed by atoms with van der Waals surface area (Å²) in [7, 11) is -2.19. The first-order chi connectivity index (χ1) is 13.8. The Morgan fingerprint density at radius 1 is 1.10 bits per heavy atom. The summed E-state index contributed by atoms with van der Waals surface area (Å²) >= 11 is 0. The topological polar surface area (TPSA) is 122 Å². The van der Waals surface area contributed by atoms with Gasteiger partial charge in [0, 0.05) is 30.8 Å². The number of carbonyl (C=O) groups is 1. The lowest BCUT2D eigenvalue weighted by Gasteiger charge is -2.32. The van der Waals surface area contributed by atoms with Crippen molar-refractivity contribution in [3.05, 3.63) is 58.6 Å². The van der Waals surface area contributed by atoms with E-state index in [-0.39, 0.29) is 22.4 Å². The minimum absolute atomic E-state index is 0.0620. The summed E-state index contributed by atoms with van der Waals surface area (Å²) in [5.74, 6) is -0.355. The zero-order valence-electron chi connectivity index (χ0n) is 15.9. The van der Waals surface area contributed by atoms with Gasteiger partial charge in [-0.2, -0.15) is 0 Å². The van der Waals surface area contributed by atoms with Crippen LogP contribution in [0, 0.1) is 16.0 Å². The van der Waals surface area contributed by atoms with Crippen LogP contribution in [0.5, 0.6) is 0 Å². The molecule has 1 saturated heterocycles. The summed E-state index contributed by atoms with van der Waals surface area (Å²) in [6.07, 6.45) is 1.15. The van der Waals surface area contributed by atoms with E-state index in [4.69, 9.17) is 0 Å². The predicted octanol–water partition coefficient (Wildman–Crippen LogP) is 2.36. The number of nitrogens with zero attached hydrogens (tertiary/aromatic N) is 2. The van der Waals surface area contributed by atoms with Crippen molar-refractivity contribution in [1.82, 2.24) is 4.72 Å². The van der Waals surface area contributed by atoms with Gasteiger partial charge in [-0.3, -0.25) is 14.9 Å². The van der Waals surface area contributed by atoms with Crippen LogP contribution < -0.4 is 14.9 Å². The summed E-state index contributed by atoms with van der Waals surface area (Å²) in [6, 6.07) is 12.5. The van der Waals surface area contributed by atoms with E-state index in [0.717, 1.165) is 0 Å². The number of piperidine rings is 1. The number of hydrogen-bond donors (Lipinski definition) is 2. The number of benzene rings is 2. The molecule has 0 unspecified atom stereocenters. The van der Waals surface area contributed by atoms with Crippen LogP contribution in [-0.4, -0.2) is 39.4 Å². The molecule has 0 spiro atoms. The first-order valence-corrected chi connectivity index (χ1v) is 10.6. The number of carbonyl (C=O) groups excluding carboxylic acids is 1. The monoisotopic (exact) mass is 418 g/mol. The van der Waals surface area contributed by atoms with Crippen molar-refractivity contribution in [2.45, 2.75) is 17.7 Å². The van der Waals surface area contributed by atoms with Gasteiger partial charge in [0.25, 0.3) is 5.69 Å². The molecule has 9 nitrogen and oxygen atoms in total. The van der Waals surface area contributed by atoms with E-state index < -0.39 is 14.9 Å². The van der Waals surface area contributed by atoms with Crippen LogP contribution >= 0.6 is 0 Å². The molecule has 3 rings (SSSR count). The van der Waals surface area contributed by atoms with Gasteiger partial charge in [0.15, 0.2) is 0 Å². The number of hydrogen-bond acceptors (Lipinski definition) is 6. The highest BCUT2D eigenvalue weighted by atomic mass is 32.2. The third-order valence-corrected chi connectivity index (χ3v) is 6.42. The molecule has 29 heavy (non-hydrogen) atoms. The summed E-state index contributed by atoms with van der Waals surface area (Å²) in [5, 5.41) is 14.0. The van der Waals surface area contributed by atoms with Gasteiger partial charge in [-0.1, -0.05) is 12.1 Å². The number of para-hydroxylation sites is 2. The third kappa shape index (κ3) is 4.72. The maximum Gasteiger partial charge on any atom is 0.292 e. The van der Waals surface area contributed by atoms with E-state index in [9.17, 15) is 23.3 Å². The Morgan fingerprint density at radius 2 is 1.72 bits per heavy atom. The fourth-order valence-electron chi connectivity index (χ4n) is 3.35. The summed E-state index contributed by atoms with van der Waals surface area (Å²) < 4.78 is 25.7. The number of nitro groups is 1. The Hall–Kier alpha value is -2.98. The summed E-state index contributed by atoms with van der Waals surface area (Å²) in [4.78, 5) is 25.4. The van der Waals surface area contributed by atoms with Gasteiger partial charge >= 0.3 is 0 Å². The maximum atomic E-state index is 12.6. The Bertz CT molecular complexity index is 1000. The zero-order valence-corrected chi connectivity index (χ0v) is 16.7. The largest absolute Gasteiger partial charge is 0.366 e. The van der Waals surface area contributed by atoms with Gasteiger partial charge in [0.1, 0.15) is 5.69 Å². The van der Waals surface area contributed by atoms with Gasteiger partial charge in [-0.25, -0.2) is 13.1 Å². The van der Waals surface area contributed by atoms with Crippen molar-refractivity contribution in [3.63, 3.8) is 0 Å². The number of rotatable bonds is 6. The molecule has 2 aromatic carbocycles. The molecule has 154 valence electrons. The van der Waals surface area contributed by atoms with Crippen LogP contribution in [0.3, 0.4) is 0 Å². The summed E-state index contributed by atoms with van der Waals surface area (Å²) in [5.41, 5.74) is 1.15. The number of anilines is 2. The highest BCUT2D eigenvalue weighted by Crippen LogP contribution is 2.31. The molecule has 0 radical (unpaired) electrons. The van der Waals surface area contributed by atoms with Crippen LogP contribution in [0.2, 0.25) is 0 Å². The first kappa shape index (κ1) is 20.7. The minimum atomic E-state index is -3.52. The molecule has 2 N–H and O–H groups in total. The highest BCUT2D eigenvalue weighted by Gasteiger charge is 2.28. The Balaban J connectivity index is 1.60. The maximum absolute atomic E-state index is 12.6. The number of nitro benzene ring substituents is 1. The lowest BCUT2D eigenvalue weighted by atomic mass is 9.95. The molecule has 0 atom stereocenters. The lowest BCUT2D eigenvalue weighted by molar-refractivity contribution is -0.384. The van der Waals surface area contributed by atoms with Crippen molar-refractivity contribution in [1.29, 1.82) is 0 Å². The van der Waals surface area contributed by atoms with E-state index in [1.807, 2.05) is 4.90 Å². The van der Waals surface area contributed by atoms with Gasteiger partial charge in [-0.05, 0) is 50.2 Å². The average molecular weight is 418 g/mol. The molecule has 1 fully saturated rings. The van der Waals surface area contributed by atoms with Crippen molar-refractivity contribution < 1.29 is 18.1 Å². The van der Waals surface area contributed by atoms with E-state index in [0.29, 0.717) is 37.3 Å². The Labute approximate surface area is 168 Å². The number of nitrogens with one attached hydrogen (secondary N) is 2. The second-order valence-electron chi connectivity index (χ2n) is 6.73. The number of amides is 1. The van der Waals surface area contributed by atoms with Gasteiger partial charge < -0.3 is 10.2 Å². The second kappa shape index (κ2) is 8.58. The molecule has 10 heteroatoms. The minimum Gasteiger partial charge on any atom is -0.366 e. The Morgan fingerprint density at radius 3 is 2.31 bits per heavy atom. The molecule has 2 aromatic rings. The van der Waals surface area contributed by atoms with Gasteiger partial charge in [0.05, 0.1) is 9.82 Å². The first-order valence-electron chi connectivity index (χ1n) is 9.14. The predicted molar refractivity (Wildman–Crippen MR) is 109 cm³/mol. The van der Waals surface area contributed by atoms with Crippen LogP contribution in [0.25, 0.3) is 0 Å². The molecular formula is C19H22N4O5S. The molecule has 0 saturated carbocycles. The van der Waals surface area contributed by atoms with E-state index in [1.165, 1.54) is 25.2 Å². The van der Waals surface area contributed by atoms with E-state index >= 15 is 0 Å². The fourth-order valence-corrected chi connectivity index (χ4v) is 4.08. The Kier molecular flexibility index (Phi) is 6.14. The van der Waals surface area contributed by atoms with Crippen LogP contribution in [0.15, 0.2) is 53.4 Å². The standard InChI is InChI=1S/C19H22N4O5S/c1-20-29(27,28)16-8-6-15(7-9-16)21-19(24)14-10-12-22(13-11-14)17-4-2-3-5-18(17)23(25)26/h2-9,14,20H,10-13H2,1H3,(H,21,24). The van der Waals surface area contributed by atoms with Crippen molar-refractivity contribution in [2.24, 2.45) is 5.92 Å². The fraction of sp³-hybridized carbons (Fsp3) is 0.316. The van der Waals surface area contributed by atoms with Crippen molar-refractivity contribution >= 4 is 33.0 Å². The third-order valence-electron chi connectivity index (χ3n) is 4.99. The van der Waals surface area contributed by atoms with Crippen LogP contribution in [-0.2, 0) is 14.8 Å². The summed E-state index contributed by atoms with van der Waals surface area (Å²) in [6.45, 7) is 1.09. The molecular weight excluding hydrogens is 396 g/mol. The zero-order chi connectivity index (χ0) is 21.0.